The van der Waals surface area contributed by atoms with Crippen LogP contribution in [0.25, 0.3) is 0 Å². The fourth-order valence-electron chi connectivity index (χ4n) is 1.73. The molecule has 0 radical (unpaired) electrons. The summed E-state index contributed by atoms with van der Waals surface area (Å²) < 4.78 is 18.5. The summed E-state index contributed by atoms with van der Waals surface area (Å²) in [6, 6.07) is 6.99. The molecule has 0 aromatic heterocycles. The average molecular weight is 225 g/mol. The van der Waals surface area contributed by atoms with Crippen LogP contribution in [0.15, 0.2) is 24.3 Å². The molecule has 1 unspecified atom stereocenters. The lowest BCUT2D eigenvalue weighted by molar-refractivity contribution is 0.199. The Hall–Kier alpha value is -0.930. The Balaban J connectivity index is 2.51. The highest BCUT2D eigenvalue weighted by Crippen LogP contribution is 2.21. The molecule has 0 fully saturated rings. The molecule has 1 rings (SSSR count). The van der Waals surface area contributed by atoms with Crippen LogP contribution in [-0.4, -0.2) is 26.8 Å². The molecule has 1 aromatic rings. The Morgan fingerprint density at radius 3 is 2.75 bits per heavy atom. The molecule has 0 amide bonds. The summed E-state index contributed by atoms with van der Waals surface area (Å²) in [5, 5.41) is 3.27. The van der Waals surface area contributed by atoms with E-state index in [2.05, 4.69) is 12.2 Å². The number of nitrogens with one attached hydrogen (secondary N) is 1. The fourth-order valence-corrected chi connectivity index (χ4v) is 1.73. The van der Waals surface area contributed by atoms with Crippen molar-refractivity contribution in [3.8, 4) is 0 Å². The second-order valence-corrected chi connectivity index (χ2v) is 3.82. The molecular formula is C13H20FNO. The average Bonchev–Trinajstić information content (AvgIpc) is 2.31. The van der Waals surface area contributed by atoms with E-state index in [1.807, 2.05) is 12.1 Å². The van der Waals surface area contributed by atoms with Gasteiger partial charge in [-0.3, -0.25) is 0 Å². The van der Waals surface area contributed by atoms with E-state index in [1.165, 1.54) is 6.07 Å². The predicted octanol–water partition coefficient (Wildman–Crippen LogP) is 2.56. The number of hydrogen-bond donors (Lipinski definition) is 1. The third kappa shape index (κ3) is 3.91. The van der Waals surface area contributed by atoms with Crippen LogP contribution in [0.1, 0.15) is 24.8 Å². The minimum absolute atomic E-state index is 0.108. The van der Waals surface area contributed by atoms with Gasteiger partial charge in [0.1, 0.15) is 5.82 Å². The Bertz CT molecular complexity index is 304. The van der Waals surface area contributed by atoms with Crippen molar-refractivity contribution in [2.24, 2.45) is 0 Å². The lowest BCUT2D eigenvalue weighted by Crippen LogP contribution is -2.25. The van der Waals surface area contributed by atoms with Crippen LogP contribution >= 0.6 is 0 Å². The van der Waals surface area contributed by atoms with Gasteiger partial charge in [0.05, 0.1) is 6.61 Å². The van der Waals surface area contributed by atoms with Gasteiger partial charge in [-0.25, -0.2) is 4.39 Å². The Kier molecular flexibility index (Phi) is 6.04. The molecule has 1 aromatic carbocycles. The fraction of sp³-hybridized carbons (Fsp3) is 0.538. The Labute approximate surface area is 96.8 Å². The zero-order valence-electron chi connectivity index (χ0n) is 10.0. The SMILES string of the molecule is CCC(CNCCOC)c1ccccc1F. The molecule has 16 heavy (non-hydrogen) atoms. The number of rotatable bonds is 7. The third-order valence-electron chi connectivity index (χ3n) is 2.71. The molecule has 0 aliphatic heterocycles. The van der Waals surface area contributed by atoms with E-state index in [0.29, 0.717) is 6.61 Å². The molecule has 0 heterocycles. The van der Waals surface area contributed by atoms with E-state index in [1.54, 1.807) is 13.2 Å². The first-order valence-electron chi connectivity index (χ1n) is 5.73. The van der Waals surface area contributed by atoms with E-state index < -0.39 is 0 Å². The van der Waals surface area contributed by atoms with E-state index in [4.69, 9.17) is 4.74 Å². The first kappa shape index (κ1) is 13.1. The zero-order chi connectivity index (χ0) is 11.8. The summed E-state index contributed by atoms with van der Waals surface area (Å²) in [6.45, 7) is 4.37. The van der Waals surface area contributed by atoms with Crippen molar-refractivity contribution in [1.82, 2.24) is 5.32 Å². The number of methoxy groups -OCH3 is 1. The van der Waals surface area contributed by atoms with E-state index in [0.717, 1.165) is 25.1 Å². The van der Waals surface area contributed by atoms with Crippen LogP contribution in [0.5, 0.6) is 0 Å². The highest BCUT2D eigenvalue weighted by atomic mass is 19.1. The molecule has 0 saturated heterocycles. The lowest BCUT2D eigenvalue weighted by atomic mass is 9.96. The monoisotopic (exact) mass is 225 g/mol. The largest absolute Gasteiger partial charge is 0.383 e. The van der Waals surface area contributed by atoms with Crippen molar-refractivity contribution in [2.75, 3.05) is 26.8 Å². The van der Waals surface area contributed by atoms with Gasteiger partial charge < -0.3 is 10.1 Å². The molecule has 2 nitrogen and oxygen atoms in total. The smallest absolute Gasteiger partial charge is 0.126 e. The van der Waals surface area contributed by atoms with Gasteiger partial charge in [0, 0.05) is 20.2 Å². The van der Waals surface area contributed by atoms with Crippen molar-refractivity contribution in [3.05, 3.63) is 35.6 Å². The molecule has 90 valence electrons. The van der Waals surface area contributed by atoms with Gasteiger partial charge in [0.25, 0.3) is 0 Å². The third-order valence-corrected chi connectivity index (χ3v) is 2.71. The quantitative estimate of drug-likeness (QED) is 0.720. The van der Waals surface area contributed by atoms with Gasteiger partial charge in [-0.2, -0.15) is 0 Å². The minimum atomic E-state index is -0.108. The summed E-state index contributed by atoms with van der Waals surface area (Å²) in [5.74, 6) is 0.126. The molecule has 0 saturated carbocycles. The maximum absolute atomic E-state index is 13.5. The number of hydrogen-bond acceptors (Lipinski definition) is 2. The molecule has 0 bridgehead atoms. The first-order valence-corrected chi connectivity index (χ1v) is 5.73. The molecular weight excluding hydrogens is 205 g/mol. The number of benzene rings is 1. The maximum Gasteiger partial charge on any atom is 0.126 e. The Morgan fingerprint density at radius 1 is 1.38 bits per heavy atom. The Morgan fingerprint density at radius 2 is 2.12 bits per heavy atom. The number of ether oxygens (including phenoxy) is 1. The summed E-state index contributed by atoms with van der Waals surface area (Å²) in [4.78, 5) is 0. The summed E-state index contributed by atoms with van der Waals surface area (Å²) in [7, 11) is 1.68. The van der Waals surface area contributed by atoms with Crippen LogP contribution in [0.2, 0.25) is 0 Å². The van der Waals surface area contributed by atoms with Crippen molar-refractivity contribution >= 4 is 0 Å². The van der Waals surface area contributed by atoms with Gasteiger partial charge in [-0.1, -0.05) is 25.1 Å². The second kappa shape index (κ2) is 7.36. The first-order chi connectivity index (χ1) is 7.79. The highest BCUT2D eigenvalue weighted by Gasteiger charge is 2.12. The van der Waals surface area contributed by atoms with Gasteiger partial charge >= 0.3 is 0 Å². The minimum Gasteiger partial charge on any atom is -0.383 e. The van der Waals surface area contributed by atoms with Gasteiger partial charge in [-0.05, 0) is 24.0 Å². The topological polar surface area (TPSA) is 21.3 Å². The lowest BCUT2D eigenvalue weighted by Gasteiger charge is -2.16. The van der Waals surface area contributed by atoms with E-state index >= 15 is 0 Å². The van der Waals surface area contributed by atoms with Gasteiger partial charge in [0.2, 0.25) is 0 Å². The summed E-state index contributed by atoms with van der Waals surface area (Å²) >= 11 is 0. The van der Waals surface area contributed by atoms with E-state index in [9.17, 15) is 4.39 Å². The van der Waals surface area contributed by atoms with Gasteiger partial charge in [0.15, 0.2) is 0 Å². The zero-order valence-corrected chi connectivity index (χ0v) is 10.0. The predicted molar refractivity (Wildman–Crippen MR) is 64.2 cm³/mol. The van der Waals surface area contributed by atoms with Gasteiger partial charge in [-0.15, -0.1) is 0 Å². The van der Waals surface area contributed by atoms with Crippen molar-refractivity contribution in [3.63, 3.8) is 0 Å². The molecule has 0 aliphatic rings. The molecule has 0 spiro atoms. The van der Waals surface area contributed by atoms with Crippen LogP contribution in [0.4, 0.5) is 4.39 Å². The molecule has 3 heteroatoms. The highest BCUT2D eigenvalue weighted by molar-refractivity contribution is 5.21. The van der Waals surface area contributed by atoms with Crippen LogP contribution < -0.4 is 5.32 Å². The maximum atomic E-state index is 13.5. The van der Waals surface area contributed by atoms with Crippen molar-refractivity contribution in [1.29, 1.82) is 0 Å². The van der Waals surface area contributed by atoms with Crippen LogP contribution in [-0.2, 0) is 4.74 Å². The molecule has 0 aliphatic carbocycles. The van der Waals surface area contributed by atoms with Crippen LogP contribution in [0, 0.1) is 5.82 Å². The van der Waals surface area contributed by atoms with E-state index in [-0.39, 0.29) is 11.7 Å². The van der Waals surface area contributed by atoms with Crippen molar-refractivity contribution < 1.29 is 9.13 Å². The second-order valence-electron chi connectivity index (χ2n) is 3.82. The van der Waals surface area contributed by atoms with Crippen molar-refractivity contribution in [2.45, 2.75) is 19.3 Å². The summed E-state index contributed by atoms with van der Waals surface area (Å²) in [6.07, 6.45) is 0.931. The molecule has 1 N–H and O–H groups in total. The summed E-state index contributed by atoms with van der Waals surface area (Å²) in [5.41, 5.74) is 0.801. The molecule has 1 atom stereocenters. The standard InChI is InChI=1S/C13H20FNO/c1-3-11(10-15-8-9-16-2)12-6-4-5-7-13(12)14/h4-7,11,15H,3,8-10H2,1-2H3. The normalized spacial score (nSPS) is 12.7. The van der Waals surface area contributed by atoms with Crippen LogP contribution in [0.3, 0.4) is 0 Å². The number of halogens is 1.